The van der Waals surface area contributed by atoms with Gasteiger partial charge in [0.1, 0.15) is 18.0 Å². The van der Waals surface area contributed by atoms with E-state index in [0.29, 0.717) is 37.3 Å². The lowest BCUT2D eigenvalue weighted by atomic mass is 10.00. The van der Waals surface area contributed by atoms with Gasteiger partial charge in [-0.2, -0.15) is 5.10 Å². The van der Waals surface area contributed by atoms with Crippen molar-refractivity contribution in [3.8, 4) is 0 Å². The molecule has 0 bridgehead atoms. The van der Waals surface area contributed by atoms with E-state index in [1.54, 1.807) is 39.9 Å². The van der Waals surface area contributed by atoms with E-state index in [2.05, 4.69) is 5.10 Å². The van der Waals surface area contributed by atoms with Crippen LogP contribution in [-0.4, -0.2) is 58.3 Å². The molecule has 136 valence electrons. The molecule has 0 N–H and O–H groups in total. The highest BCUT2D eigenvalue weighted by atomic mass is 19.1. The molecule has 2 saturated heterocycles. The number of hydrogen-bond donors (Lipinski definition) is 0. The number of ether oxygens (including phenoxy) is 1. The van der Waals surface area contributed by atoms with E-state index in [1.807, 2.05) is 0 Å². The highest BCUT2D eigenvalue weighted by Crippen LogP contribution is 2.32. The molecule has 1 aromatic carbocycles. The molecule has 2 aliphatic heterocycles. The monoisotopic (exact) mass is 358 g/mol. The predicted octanol–water partition coefficient (Wildman–Crippen LogP) is 1.21. The molecule has 2 fully saturated rings. The summed E-state index contributed by atoms with van der Waals surface area (Å²) < 4.78 is 21.0. The first-order valence-electron chi connectivity index (χ1n) is 8.44. The summed E-state index contributed by atoms with van der Waals surface area (Å²) in [5, 5.41) is 4.03. The Morgan fingerprint density at radius 2 is 2.19 bits per heavy atom. The highest BCUT2D eigenvalue weighted by molar-refractivity contribution is 5.96. The molecule has 2 aliphatic rings. The van der Waals surface area contributed by atoms with Crippen molar-refractivity contribution in [2.75, 3.05) is 31.1 Å². The van der Waals surface area contributed by atoms with Crippen molar-refractivity contribution >= 4 is 17.5 Å². The number of carbonyl (C=O) groups is 2. The molecule has 2 amide bonds. The quantitative estimate of drug-likeness (QED) is 0.809. The largest absolute Gasteiger partial charge is 0.361 e. The first-order valence-corrected chi connectivity index (χ1v) is 8.44. The molecule has 0 radical (unpaired) electrons. The maximum absolute atomic E-state index is 13.5. The second-order valence-corrected chi connectivity index (χ2v) is 6.81. The van der Waals surface area contributed by atoms with Gasteiger partial charge in [-0.1, -0.05) is 6.07 Å². The summed E-state index contributed by atoms with van der Waals surface area (Å²) in [4.78, 5) is 28.2. The lowest BCUT2D eigenvalue weighted by Crippen LogP contribution is -2.56. The second-order valence-electron chi connectivity index (χ2n) is 6.81. The van der Waals surface area contributed by atoms with E-state index < -0.39 is 11.4 Å². The Morgan fingerprint density at radius 3 is 2.92 bits per heavy atom. The van der Waals surface area contributed by atoms with Gasteiger partial charge in [0.05, 0.1) is 24.8 Å². The van der Waals surface area contributed by atoms with Crippen LogP contribution in [0.15, 0.2) is 36.7 Å². The molecule has 2 aromatic rings. The van der Waals surface area contributed by atoms with Gasteiger partial charge in [0.2, 0.25) is 0 Å². The lowest BCUT2D eigenvalue weighted by molar-refractivity contribution is -0.137. The maximum atomic E-state index is 13.5. The average Bonchev–Trinajstić information content (AvgIpc) is 3.24. The molecule has 4 rings (SSSR count). The SMILES string of the molecule is Cn1cc(C(=O)N2CCC3(C2)CN(c2cccc(F)c2)C(=O)CO3)cn1. The number of rotatable bonds is 2. The van der Waals surface area contributed by atoms with Crippen LogP contribution >= 0.6 is 0 Å². The van der Waals surface area contributed by atoms with E-state index >= 15 is 0 Å². The third kappa shape index (κ3) is 2.96. The van der Waals surface area contributed by atoms with Crippen LogP contribution in [0.4, 0.5) is 10.1 Å². The van der Waals surface area contributed by atoms with Crippen LogP contribution in [-0.2, 0) is 16.6 Å². The molecule has 1 unspecified atom stereocenters. The summed E-state index contributed by atoms with van der Waals surface area (Å²) in [6.45, 7) is 1.15. The molecule has 3 heterocycles. The molecule has 1 atom stereocenters. The van der Waals surface area contributed by atoms with Crippen LogP contribution in [0.25, 0.3) is 0 Å². The number of anilines is 1. The van der Waals surface area contributed by atoms with Crippen LogP contribution < -0.4 is 4.90 Å². The van der Waals surface area contributed by atoms with Gasteiger partial charge in [-0.15, -0.1) is 0 Å². The fourth-order valence-electron chi connectivity index (χ4n) is 3.57. The normalized spacial score (nSPS) is 23.1. The molecule has 7 nitrogen and oxygen atoms in total. The number of likely N-dealkylation sites (tertiary alicyclic amines) is 1. The van der Waals surface area contributed by atoms with E-state index in [1.165, 1.54) is 18.3 Å². The fourth-order valence-corrected chi connectivity index (χ4v) is 3.57. The topological polar surface area (TPSA) is 67.7 Å². The van der Waals surface area contributed by atoms with Gasteiger partial charge in [0.15, 0.2) is 0 Å². The number of benzene rings is 1. The van der Waals surface area contributed by atoms with E-state index in [0.717, 1.165) is 0 Å². The van der Waals surface area contributed by atoms with Gasteiger partial charge in [0.25, 0.3) is 11.8 Å². The highest BCUT2D eigenvalue weighted by Gasteiger charge is 2.46. The Morgan fingerprint density at radius 1 is 1.35 bits per heavy atom. The van der Waals surface area contributed by atoms with E-state index in [-0.39, 0.29) is 18.4 Å². The molecular formula is C18H19FN4O3. The third-order valence-electron chi connectivity index (χ3n) is 4.92. The zero-order valence-corrected chi connectivity index (χ0v) is 14.4. The number of carbonyl (C=O) groups excluding carboxylic acids is 2. The summed E-state index contributed by atoms with van der Waals surface area (Å²) in [6, 6.07) is 5.96. The summed E-state index contributed by atoms with van der Waals surface area (Å²) in [6.07, 6.45) is 3.84. The first-order chi connectivity index (χ1) is 12.5. The summed E-state index contributed by atoms with van der Waals surface area (Å²) in [7, 11) is 1.76. The number of nitrogens with zero attached hydrogens (tertiary/aromatic N) is 4. The smallest absolute Gasteiger partial charge is 0.257 e. The Bertz CT molecular complexity index is 868. The third-order valence-corrected chi connectivity index (χ3v) is 4.92. The van der Waals surface area contributed by atoms with Crippen molar-refractivity contribution in [3.63, 3.8) is 0 Å². The number of hydrogen-bond acceptors (Lipinski definition) is 4. The fraction of sp³-hybridized carbons (Fsp3) is 0.389. The molecule has 1 aromatic heterocycles. The number of aromatic nitrogens is 2. The van der Waals surface area contributed by atoms with Crippen LogP contribution in [0.5, 0.6) is 0 Å². The average molecular weight is 358 g/mol. The lowest BCUT2D eigenvalue weighted by Gasteiger charge is -2.40. The number of aryl methyl sites for hydroxylation is 1. The van der Waals surface area contributed by atoms with Gasteiger partial charge in [-0.05, 0) is 24.6 Å². The van der Waals surface area contributed by atoms with E-state index in [9.17, 15) is 14.0 Å². The van der Waals surface area contributed by atoms with Crippen molar-refractivity contribution in [1.82, 2.24) is 14.7 Å². The van der Waals surface area contributed by atoms with Crippen LogP contribution in [0.2, 0.25) is 0 Å². The maximum Gasteiger partial charge on any atom is 0.257 e. The number of amides is 2. The van der Waals surface area contributed by atoms with Crippen molar-refractivity contribution in [2.24, 2.45) is 7.05 Å². The summed E-state index contributed by atoms with van der Waals surface area (Å²) in [5.41, 5.74) is 0.408. The van der Waals surface area contributed by atoms with Crippen molar-refractivity contribution < 1.29 is 18.7 Å². The molecule has 1 spiro atoms. The van der Waals surface area contributed by atoms with Gasteiger partial charge in [-0.25, -0.2) is 4.39 Å². The standard InChI is InChI=1S/C18H19FN4O3/c1-21-9-13(8-20-21)17(25)22-6-5-18(11-22)12-23(16(24)10-26-18)15-4-2-3-14(19)7-15/h2-4,7-9H,5-6,10-12H2,1H3. The zero-order valence-electron chi connectivity index (χ0n) is 14.4. The van der Waals surface area contributed by atoms with E-state index in [4.69, 9.17) is 4.74 Å². The predicted molar refractivity (Wildman–Crippen MR) is 91.2 cm³/mol. The molecule has 8 heteroatoms. The summed E-state index contributed by atoms with van der Waals surface area (Å²) >= 11 is 0. The molecule has 26 heavy (non-hydrogen) atoms. The van der Waals surface area contributed by atoms with Crippen LogP contribution in [0.3, 0.4) is 0 Å². The van der Waals surface area contributed by atoms with Crippen LogP contribution in [0.1, 0.15) is 16.8 Å². The molecule has 0 saturated carbocycles. The minimum absolute atomic E-state index is 0.0779. The molecular weight excluding hydrogens is 339 g/mol. The Hall–Kier alpha value is -2.74. The van der Waals surface area contributed by atoms with Gasteiger partial charge in [0, 0.05) is 25.5 Å². The van der Waals surface area contributed by atoms with Gasteiger partial charge in [-0.3, -0.25) is 14.3 Å². The van der Waals surface area contributed by atoms with Crippen molar-refractivity contribution in [2.45, 2.75) is 12.0 Å². The minimum atomic E-state index is -0.627. The van der Waals surface area contributed by atoms with Crippen molar-refractivity contribution in [1.29, 1.82) is 0 Å². The minimum Gasteiger partial charge on any atom is -0.361 e. The Balaban J connectivity index is 1.52. The Kier molecular flexibility index (Phi) is 3.99. The van der Waals surface area contributed by atoms with Crippen molar-refractivity contribution in [3.05, 3.63) is 48.0 Å². The van der Waals surface area contributed by atoms with Gasteiger partial charge < -0.3 is 14.5 Å². The van der Waals surface area contributed by atoms with Crippen LogP contribution in [0, 0.1) is 5.82 Å². The van der Waals surface area contributed by atoms with Gasteiger partial charge >= 0.3 is 0 Å². The zero-order chi connectivity index (χ0) is 18.3. The number of morpholine rings is 1. The first kappa shape index (κ1) is 16.7. The second kappa shape index (κ2) is 6.21. The molecule has 0 aliphatic carbocycles. The summed E-state index contributed by atoms with van der Waals surface area (Å²) in [5.74, 6) is -0.707. The number of halogens is 1. The Labute approximate surface area is 149 Å².